The second-order valence-electron chi connectivity index (χ2n) is 7.52. The van der Waals surface area contributed by atoms with Gasteiger partial charge in [-0.25, -0.2) is 13.2 Å². The number of nitrogens with one attached hydrogen (secondary N) is 1. The predicted octanol–water partition coefficient (Wildman–Crippen LogP) is 1.18. The minimum absolute atomic E-state index is 0.00967. The van der Waals surface area contributed by atoms with E-state index in [1.54, 1.807) is 17.0 Å². The van der Waals surface area contributed by atoms with E-state index in [0.29, 0.717) is 44.9 Å². The number of rotatable bonds is 7. The molecule has 1 atom stereocenters. The van der Waals surface area contributed by atoms with E-state index in [1.165, 1.54) is 4.31 Å². The van der Waals surface area contributed by atoms with Gasteiger partial charge in [-0.3, -0.25) is 4.79 Å². The lowest BCUT2D eigenvalue weighted by Gasteiger charge is -2.29. The molecule has 9 nitrogen and oxygen atoms in total. The van der Waals surface area contributed by atoms with Crippen molar-refractivity contribution in [3.05, 3.63) is 35.9 Å². The van der Waals surface area contributed by atoms with Crippen LogP contribution in [-0.2, 0) is 19.6 Å². The van der Waals surface area contributed by atoms with Gasteiger partial charge in [0, 0.05) is 51.4 Å². The zero-order valence-corrected chi connectivity index (χ0v) is 18.8. The number of sulfonamides is 1. The summed E-state index contributed by atoms with van der Waals surface area (Å²) in [6.07, 6.45) is -3.20. The highest BCUT2D eigenvalue weighted by Crippen LogP contribution is 2.16. The SMILES string of the molecule is O=C(O)C(F)(F)F.O=C(c1ccccc1)N(CCS(=O)(=O)N1CCNCC1)CC1CCCO1. The molecule has 0 spiro atoms. The normalized spacial score (nSPS) is 19.4. The van der Waals surface area contributed by atoms with Crippen LogP contribution in [0.15, 0.2) is 30.3 Å². The molecule has 1 unspecified atom stereocenters. The maximum absolute atomic E-state index is 12.9. The fourth-order valence-electron chi connectivity index (χ4n) is 3.35. The Bertz CT molecular complexity index is 871. The lowest BCUT2D eigenvalue weighted by molar-refractivity contribution is -0.192. The number of piperazine rings is 1. The Morgan fingerprint density at radius 1 is 1.18 bits per heavy atom. The standard InChI is InChI=1S/C18H27N3O4S.C2HF3O2/c22-18(16-5-2-1-3-6-16)20(15-17-7-4-13-25-17)12-14-26(23,24)21-10-8-19-9-11-21;3-2(4,5)1(6)7/h1-3,5-6,17,19H,4,7-15H2;(H,6,7). The summed E-state index contributed by atoms with van der Waals surface area (Å²) in [5.41, 5.74) is 0.574. The third-order valence-electron chi connectivity index (χ3n) is 5.09. The van der Waals surface area contributed by atoms with Crippen LogP contribution in [0.3, 0.4) is 0 Å². The molecule has 33 heavy (non-hydrogen) atoms. The van der Waals surface area contributed by atoms with Gasteiger partial charge in [0.05, 0.1) is 11.9 Å². The Labute approximate surface area is 190 Å². The smallest absolute Gasteiger partial charge is 0.475 e. The molecule has 0 radical (unpaired) electrons. The largest absolute Gasteiger partial charge is 0.490 e. The second kappa shape index (κ2) is 12.3. The molecule has 1 amide bonds. The van der Waals surface area contributed by atoms with Gasteiger partial charge in [0.2, 0.25) is 10.0 Å². The summed E-state index contributed by atoms with van der Waals surface area (Å²) in [6.45, 7) is 3.63. The molecule has 3 rings (SSSR count). The van der Waals surface area contributed by atoms with Crippen molar-refractivity contribution in [2.45, 2.75) is 25.1 Å². The summed E-state index contributed by atoms with van der Waals surface area (Å²) in [6, 6.07) is 9.01. The average molecular weight is 496 g/mol. The number of ether oxygens (including phenoxy) is 1. The van der Waals surface area contributed by atoms with Gasteiger partial charge in [-0.2, -0.15) is 17.5 Å². The monoisotopic (exact) mass is 495 g/mol. The number of amides is 1. The second-order valence-corrected chi connectivity index (χ2v) is 9.61. The molecular formula is C20H28F3N3O6S. The molecule has 2 aliphatic rings. The topological polar surface area (TPSA) is 116 Å². The van der Waals surface area contributed by atoms with Crippen LogP contribution in [0.2, 0.25) is 0 Å². The fraction of sp³-hybridized carbons (Fsp3) is 0.600. The van der Waals surface area contributed by atoms with Crippen molar-refractivity contribution >= 4 is 21.9 Å². The number of carboxylic acid groups (broad SMARTS) is 1. The summed E-state index contributed by atoms with van der Waals surface area (Å²) in [7, 11) is -3.37. The number of carbonyl (C=O) groups is 2. The number of alkyl halides is 3. The molecule has 2 saturated heterocycles. The molecule has 1 aromatic rings. The molecule has 0 aliphatic carbocycles. The van der Waals surface area contributed by atoms with Crippen molar-refractivity contribution in [2.24, 2.45) is 0 Å². The molecule has 0 saturated carbocycles. The zero-order chi connectivity index (χ0) is 24.5. The average Bonchev–Trinajstić information content (AvgIpc) is 3.30. The number of nitrogens with zero attached hydrogens (tertiary/aromatic N) is 2. The Hall–Kier alpha value is -2.22. The van der Waals surface area contributed by atoms with Crippen LogP contribution >= 0.6 is 0 Å². The van der Waals surface area contributed by atoms with Crippen LogP contribution < -0.4 is 5.32 Å². The van der Waals surface area contributed by atoms with Crippen molar-refractivity contribution in [3.8, 4) is 0 Å². The van der Waals surface area contributed by atoms with Gasteiger partial charge >= 0.3 is 12.1 Å². The highest BCUT2D eigenvalue weighted by atomic mass is 32.2. The minimum Gasteiger partial charge on any atom is -0.475 e. The van der Waals surface area contributed by atoms with Crippen molar-refractivity contribution in [1.29, 1.82) is 0 Å². The summed E-state index contributed by atoms with van der Waals surface area (Å²) in [5.74, 6) is -2.96. The quantitative estimate of drug-likeness (QED) is 0.584. The summed E-state index contributed by atoms with van der Waals surface area (Å²) in [4.78, 5) is 23.4. The maximum atomic E-state index is 12.9. The highest BCUT2D eigenvalue weighted by Gasteiger charge is 2.38. The molecule has 13 heteroatoms. The lowest BCUT2D eigenvalue weighted by atomic mass is 10.1. The first-order valence-electron chi connectivity index (χ1n) is 10.5. The van der Waals surface area contributed by atoms with Gasteiger partial charge in [-0.1, -0.05) is 18.2 Å². The molecule has 186 valence electrons. The Morgan fingerprint density at radius 3 is 2.30 bits per heavy atom. The summed E-state index contributed by atoms with van der Waals surface area (Å²) >= 11 is 0. The molecule has 0 aromatic heterocycles. The molecule has 2 N–H and O–H groups in total. The van der Waals surface area contributed by atoms with Crippen molar-refractivity contribution < 1.29 is 41.0 Å². The van der Waals surface area contributed by atoms with Crippen LogP contribution in [0.4, 0.5) is 13.2 Å². The molecule has 1 aromatic carbocycles. The first-order valence-corrected chi connectivity index (χ1v) is 12.1. The number of hydrogen-bond acceptors (Lipinski definition) is 6. The highest BCUT2D eigenvalue weighted by molar-refractivity contribution is 7.89. The number of hydrogen-bond donors (Lipinski definition) is 2. The molecule has 2 aliphatic heterocycles. The molecular weight excluding hydrogens is 467 g/mol. The third kappa shape index (κ3) is 8.91. The van der Waals surface area contributed by atoms with E-state index in [-0.39, 0.29) is 24.3 Å². The zero-order valence-electron chi connectivity index (χ0n) is 18.0. The first kappa shape index (κ1) is 27.0. The Balaban J connectivity index is 0.000000479. The van der Waals surface area contributed by atoms with Gasteiger partial charge in [0.15, 0.2) is 0 Å². The van der Waals surface area contributed by atoms with Crippen molar-refractivity contribution in [2.75, 3.05) is 51.6 Å². The van der Waals surface area contributed by atoms with Crippen molar-refractivity contribution in [3.63, 3.8) is 0 Å². The van der Waals surface area contributed by atoms with Gasteiger partial charge in [-0.15, -0.1) is 0 Å². The van der Waals surface area contributed by atoms with E-state index in [0.717, 1.165) is 12.8 Å². The number of aliphatic carboxylic acids is 1. The number of halogens is 3. The molecule has 2 fully saturated rings. The van der Waals surface area contributed by atoms with Crippen LogP contribution in [0.5, 0.6) is 0 Å². The van der Waals surface area contributed by atoms with E-state index in [9.17, 15) is 26.4 Å². The number of carboxylic acids is 1. The van der Waals surface area contributed by atoms with Gasteiger partial charge in [0.1, 0.15) is 0 Å². The first-order chi connectivity index (χ1) is 15.5. The lowest BCUT2D eigenvalue weighted by Crippen LogP contribution is -2.49. The molecule has 0 bridgehead atoms. The van der Waals surface area contributed by atoms with Crippen LogP contribution in [0, 0.1) is 0 Å². The van der Waals surface area contributed by atoms with Gasteiger partial charge < -0.3 is 20.1 Å². The van der Waals surface area contributed by atoms with E-state index in [1.807, 2.05) is 18.2 Å². The third-order valence-corrected chi connectivity index (χ3v) is 6.94. The summed E-state index contributed by atoms with van der Waals surface area (Å²) in [5, 5.41) is 10.3. The van der Waals surface area contributed by atoms with Crippen LogP contribution in [-0.4, -0.2) is 98.5 Å². The minimum atomic E-state index is -5.08. The fourth-order valence-corrected chi connectivity index (χ4v) is 4.80. The molecule has 2 heterocycles. The van der Waals surface area contributed by atoms with E-state index in [2.05, 4.69) is 5.32 Å². The van der Waals surface area contributed by atoms with E-state index in [4.69, 9.17) is 14.6 Å². The van der Waals surface area contributed by atoms with Crippen LogP contribution in [0.25, 0.3) is 0 Å². The van der Waals surface area contributed by atoms with Gasteiger partial charge in [0.25, 0.3) is 5.91 Å². The van der Waals surface area contributed by atoms with Crippen LogP contribution in [0.1, 0.15) is 23.2 Å². The maximum Gasteiger partial charge on any atom is 0.490 e. The van der Waals surface area contributed by atoms with Gasteiger partial charge in [-0.05, 0) is 25.0 Å². The Kier molecular flexibility index (Phi) is 10.1. The number of benzene rings is 1. The summed E-state index contributed by atoms with van der Waals surface area (Å²) < 4.78 is 64.1. The number of carbonyl (C=O) groups excluding carboxylic acids is 1. The van der Waals surface area contributed by atoms with E-state index >= 15 is 0 Å². The Morgan fingerprint density at radius 2 is 1.79 bits per heavy atom. The predicted molar refractivity (Wildman–Crippen MR) is 113 cm³/mol. The van der Waals surface area contributed by atoms with E-state index < -0.39 is 22.2 Å². The van der Waals surface area contributed by atoms with Crippen molar-refractivity contribution in [1.82, 2.24) is 14.5 Å².